The van der Waals surface area contributed by atoms with Crippen molar-refractivity contribution in [3.05, 3.63) is 29.4 Å². The fourth-order valence-corrected chi connectivity index (χ4v) is 6.19. The number of amides is 2. The molecule has 0 radical (unpaired) electrons. The summed E-state index contributed by atoms with van der Waals surface area (Å²) in [4.78, 5) is 31.8. The van der Waals surface area contributed by atoms with E-state index in [0.29, 0.717) is 17.8 Å². The van der Waals surface area contributed by atoms with Crippen molar-refractivity contribution in [2.75, 3.05) is 25.4 Å². The van der Waals surface area contributed by atoms with Crippen molar-refractivity contribution in [3.63, 3.8) is 0 Å². The van der Waals surface area contributed by atoms with Crippen LogP contribution in [-0.2, 0) is 4.79 Å². The number of fused-ring (bicyclic) bond motifs is 1. The number of carbonyl (C=O) groups excluding carboxylic acids is 2. The molecule has 2 aromatic heterocycles. The number of rotatable bonds is 7. The second-order valence-corrected chi connectivity index (χ2v) is 10.7. The number of thiophene rings is 1. The minimum Gasteiger partial charge on any atom is -0.351 e. The number of hydrogen-bond acceptors (Lipinski definition) is 6. The van der Waals surface area contributed by atoms with Crippen molar-refractivity contribution in [1.82, 2.24) is 20.5 Å². The molecule has 8 heteroatoms. The zero-order valence-electron chi connectivity index (χ0n) is 17.4. The summed E-state index contributed by atoms with van der Waals surface area (Å²) in [5.74, 6) is 1.88. The molecule has 0 saturated carbocycles. The molecule has 2 aliphatic rings. The highest BCUT2D eigenvalue weighted by Gasteiger charge is 2.32. The molecule has 4 heterocycles. The molecule has 4 rings (SSSR count). The summed E-state index contributed by atoms with van der Waals surface area (Å²) < 4.78 is 1.05. The molecule has 2 aliphatic heterocycles. The Hall–Kier alpha value is -1.64. The zero-order valence-corrected chi connectivity index (χ0v) is 19.1. The maximum absolute atomic E-state index is 12.6. The van der Waals surface area contributed by atoms with Gasteiger partial charge in [-0.3, -0.25) is 19.9 Å². The quantitative estimate of drug-likeness (QED) is 0.637. The molecule has 2 aromatic rings. The topological polar surface area (TPSA) is 74.3 Å². The smallest absolute Gasteiger partial charge is 0.261 e. The second-order valence-electron chi connectivity index (χ2n) is 8.24. The SMILES string of the molecule is CC1NC(C(=O)N2CCC(CCCCNC(=O)c3cc4ccncc4s3)CC2)CS1. The van der Waals surface area contributed by atoms with Gasteiger partial charge in [0, 0.05) is 37.8 Å². The van der Waals surface area contributed by atoms with Crippen LogP contribution in [0.25, 0.3) is 10.1 Å². The van der Waals surface area contributed by atoms with Crippen LogP contribution in [0, 0.1) is 5.92 Å². The molecule has 2 amide bonds. The third-order valence-electron chi connectivity index (χ3n) is 6.04. The Morgan fingerprint density at radius 3 is 2.87 bits per heavy atom. The van der Waals surface area contributed by atoms with Crippen LogP contribution in [0.1, 0.15) is 48.7 Å². The third kappa shape index (κ3) is 5.34. The normalized spacial score (nSPS) is 22.5. The largest absolute Gasteiger partial charge is 0.351 e. The van der Waals surface area contributed by atoms with Crippen LogP contribution in [0.4, 0.5) is 0 Å². The number of unbranched alkanes of at least 4 members (excludes halogenated alkanes) is 1. The molecule has 2 unspecified atom stereocenters. The van der Waals surface area contributed by atoms with Gasteiger partial charge in [-0.25, -0.2) is 0 Å². The van der Waals surface area contributed by atoms with Gasteiger partial charge in [0.2, 0.25) is 5.91 Å². The number of nitrogens with one attached hydrogen (secondary N) is 2. The lowest BCUT2D eigenvalue weighted by Crippen LogP contribution is -2.48. The van der Waals surface area contributed by atoms with E-state index in [-0.39, 0.29) is 17.9 Å². The van der Waals surface area contributed by atoms with E-state index in [9.17, 15) is 9.59 Å². The maximum atomic E-state index is 12.6. The molecular weight excluding hydrogens is 416 g/mol. The molecule has 2 fully saturated rings. The molecule has 0 aromatic carbocycles. The van der Waals surface area contributed by atoms with Gasteiger partial charge in [-0.05, 0) is 49.6 Å². The number of aromatic nitrogens is 1. The molecule has 2 N–H and O–H groups in total. The molecule has 6 nitrogen and oxygen atoms in total. The Balaban J connectivity index is 1.11. The first-order valence-corrected chi connectivity index (χ1v) is 12.7. The third-order valence-corrected chi connectivity index (χ3v) is 8.29. The lowest BCUT2D eigenvalue weighted by Gasteiger charge is -2.33. The van der Waals surface area contributed by atoms with Crippen molar-refractivity contribution in [3.8, 4) is 0 Å². The van der Waals surface area contributed by atoms with E-state index in [1.54, 1.807) is 12.4 Å². The minimum atomic E-state index is 0.00219. The molecule has 162 valence electrons. The summed E-state index contributed by atoms with van der Waals surface area (Å²) in [5, 5.41) is 7.87. The summed E-state index contributed by atoms with van der Waals surface area (Å²) in [6.07, 6.45) is 9.06. The van der Waals surface area contributed by atoms with Crippen LogP contribution in [0.2, 0.25) is 0 Å². The first-order chi connectivity index (χ1) is 14.6. The Labute approximate surface area is 186 Å². The first-order valence-electron chi connectivity index (χ1n) is 10.9. The lowest BCUT2D eigenvalue weighted by atomic mass is 9.91. The van der Waals surface area contributed by atoms with Crippen molar-refractivity contribution >= 4 is 45.0 Å². The van der Waals surface area contributed by atoms with Gasteiger partial charge in [0.1, 0.15) is 0 Å². The standard InChI is InChI=1S/C22H30N4O2S2/c1-15-25-18(14-29-15)22(28)26-10-6-16(7-11-26)4-2-3-8-24-21(27)19-12-17-5-9-23-13-20(17)30-19/h5,9,12-13,15-16,18,25H,2-4,6-8,10-11,14H2,1H3,(H,24,27). The Kier molecular flexibility index (Phi) is 7.28. The van der Waals surface area contributed by atoms with Gasteiger partial charge < -0.3 is 10.2 Å². The van der Waals surface area contributed by atoms with E-state index in [0.717, 1.165) is 59.5 Å². The molecule has 0 spiro atoms. The predicted molar refractivity (Wildman–Crippen MR) is 124 cm³/mol. The van der Waals surface area contributed by atoms with Gasteiger partial charge in [-0.1, -0.05) is 12.8 Å². The number of likely N-dealkylation sites (tertiary alicyclic amines) is 1. The van der Waals surface area contributed by atoms with E-state index in [4.69, 9.17) is 0 Å². The summed E-state index contributed by atoms with van der Waals surface area (Å²) in [7, 11) is 0. The molecule has 2 saturated heterocycles. The van der Waals surface area contributed by atoms with Crippen molar-refractivity contribution in [2.45, 2.75) is 50.4 Å². The second kappa shape index (κ2) is 10.1. The van der Waals surface area contributed by atoms with E-state index < -0.39 is 0 Å². The number of hydrogen-bond donors (Lipinski definition) is 2. The Bertz CT molecular complexity index is 846. The Morgan fingerprint density at radius 1 is 1.30 bits per heavy atom. The number of pyridine rings is 1. The van der Waals surface area contributed by atoms with Crippen LogP contribution in [0.3, 0.4) is 0 Å². The van der Waals surface area contributed by atoms with Gasteiger partial charge in [-0.15, -0.1) is 23.1 Å². The average molecular weight is 447 g/mol. The van der Waals surface area contributed by atoms with Crippen molar-refractivity contribution in [2.24, 2.45) is 5.92 Å². The number of thioether (sulfide) groups is 1. The highest BCUT2D eigenvalue weighted by atomic mass is 32.2. The van der Waals surface area contributed by atoms with Crippen LogP contribution >= 0.6 is 23.1 Å². The molecule has 0 bridgehead atoms. The summed E-state index contributed by atoms with van der Waals surface area (Å²) in [6.45, 7) is 4.61. The fraction of sp³-hybridized carbons (Fsp3) is 0.591. The van der Waals surface area contributed by atoms with E-state index >= 15 is 0 Å². The van der Waals surface area contributed by atoms with E-state index in [1.165, 1.54) is 17.8 Å². The number of nitrogens with zero attached hydrogens (tertiary/aromatic N) is 2. The van der Waals surface area contributed by atoms with Gasteiger partial charge in [0.25, 0.3) is 5.91 Å². The van der Waals surface area contributed by atoms with Gasteiger partial charge >= 0.3 is 0 Å². The molecule has 0 aliphatic carbocycles. The van der Waals surface area contributed by atoms with Gasteiger partial charge in [0.05, 0.1) is 21.0 Å². The molecule has 2 atom stereocenters. The Morgan fingerprint density at radius 2 is 2.13 bits per heavy atom. The monoisotopic (exact) mass is 446 g/mol. The number of piperidine rings is 1. The van der Waals surface area contributed by atoms with E-state index in [1.807, 2.05) is 28.8 Å². The van der Waals surface area contributed by atoms with Gasteiger partial charge in [-0.2, -0.15) is 0 Å². The zero-order chi connectivity index (χ0) is 20.9. The van der Waals surface area contributed by atoms with Crippen molar-refractivity contribution in [1.29, 1.82) is 0 Å². The molecule has 30 heavy (non-hydrogen) atoms. The van der Waals surface area contributed by atoms with Crippen LogP contribution < -0.4 is 10.6 Å². The van der Waals surface area contributed by atoms with Crippen LogP contribution in [0.5, 0.6) is 0 Å². The minimum absolute atomic E-state index is 0.00219. The summed E-state index contributed by atoms with van der Waals surface area (Å²) in [6, 6.07) is 3.87. The number of carbonyl (C=O) groups is 2. The van der Waals surface area contributed by atoms with Crippen molar-refractivity contribution < 1.29 is 9.59 Å². The van der Waals surface area contributed by atoms with Crippen LogP contribution in [-0.4, -0.2) is 58.5 Å². The van der Waals surface area contributed by atoms with Gasteiger partial charge in [0.15, 0.2) is 0 Å². The summed E-state index contributed by atoms with van der Waals surface area (Å²) >= 11 is 3.32. The average Bonchev–Trinajstić information content (AvgIpc) is 3.39. The predicted octanol–water partition coefficient (Wildman–Crippen LogP) is 3.49. The molecular formula is C22H30N4O2S2. The summed E-state index contributed by atoms with van der Waals surface area (Å²) in [5.41, 5.74) is 0. The first kappa shape index (κ1) is 21.6. The highest BCUT2D eigenvalue weighted by Crippen LogP contribution is 2.26. The fourth-order valence-electron chi connectivity index (χ4n) is 4.27. The maximum Gasteiger partial charge on any atom is 0.261 e. The lowest BCUT2D eigenvalue weighted by molar-refractivity contribution is -0.134. The highest BCUT2D eigenvalue weighted by molar-refractivity contribution is 8.00. The van der Waals surface area contributed by atoms with Crippen LogP contribution in [0.15, 0.2) is 24.5 Å². The van der Waals surface area contributed by atoms with E-state index in [2.05, 4.69) is 22.5 Å².